The zero-order valence-corrected chi connectivity index (χ0v) is 16.6. The zero-order chi connectivity index (χ0) is 20.8. The Kier molecular flexibility index (Phi) is 6.29. The highest BCUT2D eigenvalue weighted by Gasteiger charge is 2.25. The Labute approximate surface area is 169 Å². The fourth-order valence-electron chi connectivity index (χ4n) is 2.90. The number of ether oxygens (including phenoxy) is 1. The van der Waals surface area contributed by atoms with Gasteiger partial charge in [0.2, 0.25) is 5.91 Å². The molecule has 1 unspecified atom stereocenters. The maximum atomic E-state index is 12.9. The van der Waals surface area contributed by atoms with E-state index in [2.05, 4.69) is 20.8 Å². The average Bonchev–Trinajstić information content (AvgIpc) is 3.26. The second-order valence-corrected chi connectivity index (χ2v) is 6.96. The van der Waals surface area contributed by atoms with E-state index in [0.717, 1.165) is 11.3 Å². The first-order valence-corrected chi connectivity index (χ1v) is 9.33. The number of H-pyrrole nitrogens is 1. The summed E-state index contributed by atoms with van der Waals surface area (Å²) in [4.78, 5) is 25.4. The van der Waals surface area contributed by atoms with Gasteiger partial charge in [0.15, 0.2) is 0 Å². The van der Waals surface area contributed by atoms with Crippen LogP contribution in [0.1, 0.15) is 24.2 Å². The van der Waals surface area contributed by atoms with Crippen LogP contribution in [0.5, 0.6) is 5.75 Å². The van der Waals surface area contributed by atoms with Gasteiger partial charge in [-0.2, -0.15) is 5.10 Å². The van der Waals surface area contributed by atoms with Crippen LogP contribution in [0.15, 0.2) is 60.8 Å². The third-order valence-corrected chi connectivity index (χ3v) is 4.53. The number of amides is 2. The minimum atomic E-state index is -0.680. The summed E-state index contributed by atoms with van der Waals surface area (Å²) in [5.41, 5.74) is 2.87. The van der Waals surface area contributed by atoms with Crippen molar-refractivity contribution < 1.29 is 14.3 Å². The molecule has 7 heteroatoms. The van der Waals surface area contributed by atoms with Crippen LogP contribution >= 0.6 is 0 Å². The highest BCUT2D eigenvalue weighted by Crippen LogP contribution is 2.21. The number of anilines is 1. The summed E-state index contributed by atoms with van der Waals surface area (Å²) in [5, 5.41) is 12.6. The van der Waals surface area contributed by atoms with E-state index < -0.39 is 6.04 Å². The van der Waals surface area contributed by atoms with Gasteiger partial charge in [0.1, 0.15) is 11.8 Å². The van der Waals surface area contributed by atoms with Crippen LogP contribution in [0.2, 0.25) is 0 Å². The Balaban J connectivity index is 1.71. The molecule has 0 aliphatic heterocycles. The SMILES string of the molecule is COc1ccc(C(=O)NC(C(=O)Nc2cccc(-c3ccn[nH]3)c2)C(C)C)cc1. The van der Waals surface area contributed by atoms with Crippen molar-refractivity contribution in [2.24, 2.45) is 5.92 Å². The topological polar surface area (TPSA) is 96.1 Å². The van der Waals surface area contributed by atoms with Crippen LogP contribution in [0.25, 0.3) is 11.3 Å². The van der Waals surface area contributed by atoms with Crippen molar-refractivity contribution >= 4 is 17.5 Å². The lowest BCUT2D eigenvalue weighted by atomic mass is 10.0. The van der Waals surface area contributed by atoms with Gasteiger partial charge in [0.25, 0.3) is 5.91 Å². The van der Waals surface area contributed by atoms with Gasteiger partial charge in [0, 0.05) is 23.0 Å². The summed E-state index contributed by atoms with van der Waals surface area (Å²) < 4.78 is 5.11. The molecule has 0 fully saturated rings. The monoisotopic (exact) mass is 392 g/mol. The van der Waals surface area contributed by atoms with E-state index in [-0.39, 0.29) is 17.7 Å². The molecule has 29 heavy (non-hydrogen) atoms. The number of nitrogens with one attached hydrogen (secondary N) is 3. The molecule has 1 aromatic heterocycles. The predicted octanol–water partition coefficient (Wildman–Crippen LogP) is 3.48. The normalized spacial score (nSPS) is 11.7. The number of rotatable bonds is 7. The maximum Gasteiger partial charge on any atom is 0.251 e. The van der Waals surface area contributed by atoms with Crippen LogP contribution < -0.4 is 15.4 Å². The number of aromatic nitrogens is 2. The van der Waals surface area contributed by atoms with E-state index in [0.29, 0.717) is 17.0 Å². The van der Waals surface area contributed by atoms with E-state index in [1.54, 1.807) is 43.6 Å². The summed E-state index contributed by atoms with van der Waals surface area (Å²) >= 11 is 0. The average molecular weight is 392 g/mol. The third-order valence-electron chi connectivity index (χ3n) is 4.53. The van der Waals surface area contributed by atoms with E-state index >= 15 is 0 Å². The Morgan fingerprint density at radius 2 is 1.83 bits per heavy atom. The van der Waals surface area contributed by atoms with Gasteiger partial charge in [-0.05, 0) is 48.4 Å². The lowest BCUT2D eigenvalue weighted by Crippen LogP contribution is -2.47. The molecule has 2 aromatic carbocycles. The number of benzene rings is 2. The van der Waals surface area contributed by atoms with Crippen LogP contribution in [0.3, 0.4) is 0 Å². The second-order valence-electron chi connectivity index (χ2n) is 6.96. The van der Waals surface area contributed by atoms with Gasteiger partial charge < -0.3 is 15.4 Å². The highest BCUT2D eigenvalue weighted by molar-refractivity contribution is 6.01. The Morgan fingerprint density at radius 3 is 2.45 bits per heavy atom. The smallest absolute Gasteiger partial charge is 0.251 e. The molecule has 3 rings (SSSR count). The first-order valence-electron chi connectivity index (χ1n) is 9.33. The molecule has 2 amide bonds. The third kappa shape index (κ3) is 5.01. The Hall–Kier alpha value is -3.61. The van der Waals surface area contributed by atoms with Crippen LogP contribution in [-0.4, -0.2) is 35.2 Å². The highest BCUT2D eigenvalue weighted by atomic mass is 16.5. The molecule has 0 spiro atoms. The number of carbonyl (C=O) groups excluding carboxylic acids is 2. The molecule has 0 saturated carbocycles. The molecule has 3 N–H and O–H groups in total. The number of carbonyl (C=O) groups is 2. The van der Waals surface area contributed by atoms with Crippen molar-refractivity contribution in [1.82, 2.24) is 15.5 Å². The van der Waals surface area contributed by atoms with Gasteiger partial charge >= 0.3 is 0 Å². The molecule has 0 aliphatic carbocycles. The molecule has 150 valence electrons. The second kappa shape index (κ2) is 9.05. The lowest BCUT2D eigenvalue weighted by Gasteiger charge is -2.22. The van der Waals surface area contributed by atoms with Crippen molar-refractivity contribution in [1.29, 1.82) is 0 Å². The fraction of sp³-hybridized carbons (Fsp3) is 0.227. The van der Waals surface area contributed by atoms with Crippen molar-refractivity contribution in [2.45, 2.75) is 19.9 Å². The molecular formula is C22H24N4O3. The molecule has 3 aromatic rings. The van der Waals surface area contributed by atoms with Crippen LogP contribution in [0.4, 0.5) is 5.69 Å². The van der Waals surface area contributed by atoms with Gasteiger partial charge in [-0.25, -0.2) is 0 Å². The van der Waals surface area contributed by atoms with E-state index in [4.69, 9.17) is 4.74 Å². The van der Waals surface area contributed by atoms with Crippen molar-refractivity contribution in [3.8, 4) is 17.0 Å². The first kappa shape index (κ1) is 20.1. The van der Waals surface area contributed by atoms with E-state index in [9.17, 15) is 9.59 Å². The minimum Gasteiger partial charge on any atom is -0.497 e. The van der Waals surface area contributed by atoms with Crippen molar-refractivity contribution in [2.75, 3.05) is 12.4 Å². The molecule has 0 saturated heterocycles. The number of hydrogen-bond acceptors (Lipinski definition) is 4. The Bertz CT molecular complexity index is 966. The standard InChI is InChI=1S/C22H24N4O3/c1-14(2)20(25-21(27)15-7-9-18(29-3)10-8-15)22(28)24-17-6-4-5-16(13-17)19-11-12-23-26-19/h4-14,20H,1-3H3,(H,23,26)(H,24,28)(H,25,27). The summed E-state index contributed by atoms with van der Waals surface area (Å²) in [7, 11) is 1.57. The minimum absolute atomic E-state index is 0.0898. The maximum absolute atomic E-state index is 12.9. The Morgan fingerprint density at radius 1 is 1.07 bits per heavy atom. The van der Waals surface area contributed by atoms with Crippen molar-refractivity contribution in [3.05, 3.63) is 66.4 Å². The molecule has 1 heterocycles. The van der Waals surface area contributed by atoms with Gasteiger partial charge in [-0.3, -0.25) is 14.7 Å². The molecule has 7 nitrogen and oxygen atoms in total. The van der Waals surface area contributed by atoms with E-state index in [1.807, 2.05) is 38.1 Å². The van der Waals surface area contributed by atoms with Crippen LogP contribution in [-0.2, 0) is 4.79 Å². The summed E-state index contributed by atoms with van der Waals surface area (Å²) in [6.07, 6.45) is 1.67. The fourth-order valence-corrected chi connectivity index (χ4v) is 2.90. The molecule has 0 aliphatic rings. The summed E-state index contributed by atoms with van der Waals surface area (Å²) in [6.45, 7) is 3.78. The number of hydrogen-bond donors (Lipinski definition) is 3. The number of aromatic amines is 1. The quantitative estimate of drug-likeness (QED) is 0.574. The van der Waals surface area contributed by atoms with E-state index in [1.165, 1.54) is 0 Å². The van der Waals surface area contributed by atoms with Crippen LogP contribution in [0, 0.1) is 5.92 Å². The molecule has 1 atom stereocenters. The zero-order valence-electron chi connectivity index (χ0n) is 16.6. The molecular weight excluding hydrogens is 368 g/mol. The number of methoxy groups -OCH3 is 1. The molecule has 0 bridgehead atoms. The van der Waals surface area contributed by atoms with Gasteiger partial charge in [-0.15, -0.1) is 0 Å². The predicted molar refractivity (Wildman–Crippen MR) is 112 cm³/mol. The molecule has 0 radical (unpaired) electrons. The largest absolute Gasteiger partial charge is 0.497 e. The van der Waals surface area contributed by atoms with Gasteiger partial charge in [-0.1, -0.05) is 26.0 Å². The van der Waals surface area contributed by atoms with Gasteiger partial charge in [0.05, 0.1) is 12.8 Å². The number of nitrogens with zero attached hydrogens (tertiary/aromatic N) is 1. The first-order chi connectivity index (χ1) is 14.0. The van der Waals surface area contributed by atoms with Crippen molar-refractivity contribution in [3.63, 3.8) is 0 Å². The summed E-state index contributed by atoms with van der Waals surface area (Å²) in [6, 6.07) is 15.4. The summed E-state index contributed by atoms with van der Waals surface area (Å²) in [5.74, 6) is -0.0128. The lowest BCUT2D eigenvalue weighted by molar-refractivity contribution is -0.118.